The van der Waals surface area contributed by atoms with Crippen molar-refractivity contribution in [2.24, 2.45) is 5.92 Å². The molecular formula is C19H17ClFNO3. The molecule has 25 heavy (non-hydrogen) atoms. The molecule has 2 aromatic rings. The number of amides is 1. The van der Waals surface area contributed by atoms with Gasteiger partial charge in [0.25, 0.3) is 0 Å². The molecule has 3 unspecified atom stereocenters. The minimum atomic E-state index is -1.10. The van der Waals surface area contributed by atoms with Crippen LogP contribution in [0.15, 0.2) is 48.5 Å². The van der Waals surface area contributed by atoms with Gasteiger partial charge in [-0.05, 0) is 24.1 Å². The molecule has 130 valence electrons. The van der Waals surface area contributed by atoms with Gasteiger partial charge >= 0.3 is 5.97 Å². The van der Waals surface area contributed by atoms with Gasteiger partial charge in [0.15, 0.2) is 0 Å². The molecule has 1 amide bonds. The van der Waals surface area contributed by atoms with Crippen molar-refractivity contribution >= 4 is 23.5 Å². The summed E-state index contributed by atoms with van der Waals surface area (Å²) >= 11 is 6.03. The van der Waals surface area contributed by atoms with Gasteiger partial charge in [0.05, 0.1) is 0 Å². The van der Waals surface area contributed by atoms with Crippen molar-refractivity contribution in [3.8, 4) is 0 Å². The lowest BCUT2D eigenvalue weighted by Gasteiger charge is -2.15. The van der Waals surface area contributed by atoms with Gasteiger partial charge in [-0.1, -0.05) is 48.0 Å². The van der Waals surface area contributed by atoms with E-state index in [2.05, 4.69) is 5.32 Å². The highest BCUT2D eigenvalue weighted by atomic mass is 35.5. The minimum absolute atomic E-state index is 0.194. The van der Waals surface area contributed by atoms with Crippen LogP contribution in [0.25, 0.3) is 0 Å². The van der Waals surface area contributed by atoms with Crippen molar-refractivity contribution in [3.05, 3.63) is 70.5 Å². The van der Waals surface area contributed by atoms with E-state index in [1.165, 1.54) is 12.1 Å². The zero-order valence-electron chi connectivity index (χ0n) is 13.3. The van der Waals surface area contributed by atoms with E-state index < -0.39 is 23.7 Å². The van der Waals surface area contributed by atoms with Gasteiger partial charge < -0.3 is 10.4 Å². The molecule has 3 rings (SSSR count). The number of hydrogen-bond donors (Lipinski definition) is 2. The number of aliphatic carboxylic acids is 1. The largest absolute Gasteiger partial charge is 0.480 e. The minimum Gasteiger partial charge on any atom is -0.480 e. The monoisotopic (exact) mass is 361 g/mol. The molecule has 0 bridgehead atoms. The number of carboxylic acid groups (broad SMARTS) is 1. The third-order valence-corrected chi connectivity index (χ3v) is 4.72. The molecule has 1 aliphatic carbocycles. The number of nitrogens with one attached hydrogen (secondary N) is 1. The van der Waals surface area contributed by atoms with E-state index in [1.807, 2.05) is 18.2 Å². The molecule has 0 saturated heterocycles. The fourth-order valence-electron chi connectivity index (χ4n) is 3.00. The number of hydrogen-bond acceptors (Lipinski definition) is 2. The molecule has 1 saturated carbocycles. The highest BCUT2D eigenvalue weighted by Crippen LogP contribution is 2.50. The van der Waals surface area contributed by atoms with E-state index in [0.717, 1.165) is 5.56 Å². The molecule has 2 aromatic carbocycles. The highest BCUT2D eigenvalue weighted by molar-refractivity contribution is 6.31. The first-order chi connectivity index (χ1) is 12.0. The van der Waals surface area contributed by atoms with Crippen LogP contribution in [0.5, 0.6) is 0 Å². The molecule has 1 aliphatic rings. The average molecular weight is 362 g/mol. The van der Waals surface area contributed by atoms with E-state index in [-0.39, 0.29) is 18.2 Å². The summed E-state index contributed by atoms with van der Waals surface area (Å²) in [4.78, 5) is 23.8. The lowest BCUT2D eigenvalue weighted by molar-refractivity contribution is -0.142. The lowest BCUT2D eigenvalue weighted by atomic mass is 10.1. The second-order valence-corrected chi connectivity index (χ2v) is 6.58. The van der Waals surface area contributed by atoms with Gasteiger partial charge in [0.2, 0.25) is 5.91 Å². The topological polar surface area (TPSA) is 66.4 Å². The number of benzene rings is 2. The molecule has 2 N–H and O–H groups in total. The predicted molar refractivity (Wildman–Crippen MR) is 92.0 cm³/mol. The summed E-state index contributed by atoms with van der Waals surface area (Å²) in [6.45, 7) is 0. The summed E-state index contributed by atoms with van der Waals surface area (Å²) in [5.41, 5.74) is 1.15. The van der Waals surface area contributed by atoms with E-state index in [4.69, 9.17) is 11.6 Å². The fraction of sp³-hybridized carbons (Fsp3) is 0.263. The third kappa shape index (κ3) is 3.99. The fourth-order valence-corrected chi connectivity index (χ4v) is 3.30. The van der Waals surface area contributed by atoms with Crippen LogP contribution in [-0.4, -0.2) is 23.0 Å². The number of rotatable bonds is 6. The molecule has 3 atom stereocenters. The quantitative estimate of drug-likeness (QED) is 0.828. The Kier molecular flexibility index (Phi) is 5.04. The van der Waals surface area contributed by atoms with Crippen molar-refractivity contribution in [3.63, 3.8) is 0 Å². The Labute approximate surface area is 149 Å². The summed E-state index contributed by atoms with van der Waals surface area (Å²) in [6, 6.07) is 12.5. The first kappa shape index (κ1) is 17.4. The number of carboxylic acids is 1. The van der Waals surface area contributed by atoms with E-state index in [9.17, 15) is 19.1 Å². The van der Waals surface area contributed by atoms with Gasteiger partial charge in [-0.3, -0.25) is 4.79 Å². The van der Waals surface area contributed by atoms with E-state index in [0.29, 0.717) is 17.0 Å². The van der Waals surface area contributed by atoms with Crippen molar-refractivity contribution in [2.45, 2.75) is 24.8 Å². The van der Waals surface area contributed by atoms with Crippen LogP contribution in [0, 0.1) is 11.7 Å². The van der Waals surface area contributed by atoms with Crippen molar-refractivity contribution in [1.29, 1.82) is 0 Å². The summed E-state index contributed by atoms with van der Waals surface area (Å²) in [7, 11) is 0. The Morgan fingerprint density at radius 1 is 1.20 bits per heavy atom. The van der Waals surface area contributed by atoms with E-state index >= 15 is 0 Å². The Hall–Kier alpha value is -2.40. The van der Waals surface area contributed by atoms with Crippen molar-refractivity contribution < 1.29 is 19.1 Å². The first-order valence-electron chi connectivity index (χ1n) is 7.98. The smallest absolute Gasteiger partial charge is 0.326 e. The van der Waals surface area contributed by atoms with Crippen LogP contribution in [-0.2, 0) is 16.0 Å². The van der Waals surface area contributed by atoms with Crippen LogP contribution in [0.2, 0.25) is 5.02 Å². The number of carbonyl (C=O) groups is 2. The van der Waals surface area contributed by atoms with Crippen LogP contribution in [0.1, 0.15) is 23.5 Å². The highest BCUT2D eigenvalue weighted by Gasteiger charge is 2.47. The van der Waals surface area contributed by atoms with Crippen molar-refractivity contribution in [1.82, 2.24) is 5.32 Å². The molecule has 4 nitrogen and oxygen atoms in total. The Morgan fingerprint density at radius 2 is 1.92 bits per heavy atom. The maximum atomic E-state index is 13.9. The second kappa shape index (κ2) is 7.23. The number of halogens is 2. The average Bonchev–Trinajstić information content (AvgIpc) is 3.35. The Bertz CT molecular complexity index is 776. The molecule has 0 radical (unpaired) electrons. The van der Waals surface area contributed by atoms with Crippen LogP contribution in [0.3, 0.4) is 0 Å². The first-order valence-corrected chi connectivity index (χ1v) is 8.36. The Balaban J connectivity index is 1.66. The molecule has 0 aliphatic heterocycles. The lowest BCUT2D eigenvalue weighted by Crippen LogP contribution is -2.43. The molecule has 1 fully saturated rings. The van der Waals surface area contributed by atoms with Gasteiger partial charge in [-0.2, -0.15) is 0 Å². The van der Waals surface area contributed by atoms with Gasteiger partial charge in [-0.25, -0.2) is 9.18 Å². The molecule has 0 aromatic heterocycles. The molecule has 6 heteroatoms. The summed E-state index contributed by atoms with van der Waals surface area (Å²) in [6.07, 6.45) is 0.657. The summed E-state index contributed by atoms with van der Waals surface area (Å²) < 4.78 is 13.9. The summed E-state index contributed by atoms with van der Waals surface area (Å²) in [5.74, 6) is -2.68. The second-order valence-electron chi connectivity index (χ2n) is 6.17. The summed E-state index contributed by atoms with van der Waals surface area (Å²) in [5, 5.41) is 12.2. The normalized spacial score (nSPS) is 19.9. The van der Waals surface area contributed by atoms with Gasteiger partial charge in [0.1, 0.15) is 11.9 Å². The van der Waals surface area contributed by atoms with Crippen LogP contribution < -0.4 is 5.32 Å². The Morgan fingerprint density at radius 3 is 2.56 bits per heavy atom. The molecular weight excluding hydrogens is 345 g/mol. The molecule has 0 spiro atoms. The maximum absolute atomic E-state index is 13.9. The molecule has 0 heterocycles. The van der Waals surface area contributed by atoms with Crippen LogP contribution in [0.4, 0.5) is 4.39 Å². The van der Waals surface area contributed by atoms with Crippen molar-refractivity contribution in [2.75, 3.05) is 0 Å². The number of carbonyl (C=O) groups excluding carboxylic acids is 1. The zero-order chi connectivity index (χ0) is 18.0. The SMILES string of the molecule is O=C(O)C(Cc1ccccc1)NC(=O)C1CC1c1c(F)cccc1Cl. The van der Waals surface area contributed by atoms with Crippen LogP contribution >= 0.6 is 11.6 Å². The maximum Gasteiger partial charge on any atom is 0.326 e. The van der Waals surface area contributed by atoms with Gasteiger partial charge in [0, 0.05) is 28.8 Å². The zero-order valence-corrected chi connectivity index (χ0v) is 14.0. The van der Waals surface area contributed by atoms with Gasteiger partial charge in [-0.15, -0.1) is 0 Å². The third-order valence-electron chi connectivity index (χ3n) is 4.39. The standard InChI is InChI=1S/C19H17ClFNO3/c20-14-7-4-8-15(21)17(14)12-10-13(12)18(23)22-16(19(24)25)9-11-5-2-1-3-6-11/h1-8,12-13,16H,9-10H2,(H,22,23)(H,24,25). The van der Waals surface area contributed by atoms with E-state index in [1.54, 1.807) is 18.2 Å². The predicted octanol–water partition coefficient (Wildman–Crippen LogP) is 3.39.